The summed E-state index contributed by atoms with van der Waals surface area (Å²) >= 11 is 0. The van der Waals surface area contributed by atoms with Crippen LogP contribution >= 0.6 is 0 Å². The minimum absolute atomic E-state index is 0.00653. The van der Waals surface area contributed by atoms with Crippen LogP contribution in [0.25, 0.3) is 0 Å². The molecule has 19 heavy (non-hydrogen) atoms. The van der Waals surface area contributed by atoms with E-state index in [1.54, 1.807) is 0 Å². The topological polar surface area (TPSA) is 104 Å². The number of carbonyl (C=O) groups excluding carboxylic acids is 1. The normalized spacial score (nSPS) is 22.5. The minimum Gasteiger partial charge on any atom is -0.480 e. The van der Waals surface area contributed by atoms with E-state index in [4.69, 9.17) is 10.8 Å². The van der Waals surface area contributed by atoms with E-state index in [-0.39, 0.29) is 24.2 Å². The summed E-state index contributed by atoms with van der Waals surface area (Å²) in [5, 5.41) is 18.5. The van der Waals surface area contributed by atoms with Gasteiger partial charge in [-0.3, -0.25) is 4.79 Å². The molecule has 1 heterocycles. The van der Waals surface area contributed by atoms with Crippen molar-refractivity contribution in [1.29, 1.82) is 0 Å². The van der Waals surface area contributed by atoms with Crippen LogP contribution in [0.2, 0.25) is 0 Å². The van der Waals surface area contributed by atoms with Crippen LogP contribution in [0.4, 0.5) is 10.1 Å². The molecule has 1 aromatic carbocycles. The molecule has 2 unspecified atom stereocenters. The Hall–Kier alpha value is -2.15. The van der Waals surface area contributed by atoms with Crippen LogP contribution in [0.1, 0.15) is 16.8 Å². The third kappa shape index (κ3) is 2.50. The number of aliphatic carboxylic acids is 1. The van der Waals surface area contributed by atoms with Crippen molar-refractivity contribution in [2.24, 2.45) is 0 Å². The number of anilines is 1. The molecule has 1 amide bonds. The largest absolute Gasteiger partial charge is 0.480 e. The zero-order valence-corrected chi connectivity index (χ0v) is 9.91. The van der Waals surface area contributed by atoms with E-state index >= 15 is 0 Å². The smallest absolute Gasteiger partial charge is 0.326 e. The second-order valence-corrected chi connectivity index (χ2v) is 4.44. The number of hydrogen-bond donors (Lipinski definition) is 3. The summed E-state index contributed by atoms with van der Waals surface area (Å²) in [6, 6.07) is 2.43. The highest BCUT2D eigenvalue weighted by atomic mass is 19.1. The number of amides is 1. The number of likely N-dealkylation sites (tertiary alicyclic amines) is 1. The molecule has 4 N–H and O–H groups in total. The highest BCUT2D eigenvalue weighted by Gasteiger charge is 2.39. The first-order valence-corrected chi connectivity index (χ1v) is 5.67. The van der Waals surface area contributed by atoms with Gasteiger partial charge in [-0.1, -0.05) is 0 Å². The van der Waals surface area contributed by atoms with E-state index in [0.717, 1.165) is 11.0 Å². The van der Waals surface area contributed by atoms with Gasteiger partial charge in [0.2, 0.25) is 0 Å². The van der Waals surface area contributed by atoms with Crippen LogP contribution in [0.5, 0.6) is 0 Å². The average Bonchev–Trinajstić information content (AvgIpc) is 2.74. The molecule has 2 rings (SSSR count). The standard InChI is InChI=1S/C12H13FN2O4/c13-8-3-6(1-2-9(8)14)11(17)15-5-7(16)4-10(15)12(18)19/h1-3,7,10,16H,4-5,14H2,(H,18,19). The van der Waals surface area contributed by atoms with Gasteiger partial charge in [0.05, 0.1) is 11.8 Å². The van der Waals surface area contributed by atoms with Crippen molar-refractivity contribution in [2.75, 3.05) is 12.3 Å². The number of halogens is 1. The lowest BCUT2D eigenvalue weighted by atomic mass is 10.1. The van der Waals surface area contributed by atoms with Gasteiger partial charge in [0.1, 0.15) is 11.9 Å². The molecule has 0 aliphatic carbocycles. The molecule has 1 aromatic rings. The van der Waals surface area contributed by atoms with Gasteiger partial charge >= 0.3 is 5.97 Å². The van der Waals surface area contributed by atoms with Gasteiger partial charge in [-0.15, -0.1) is 0 Å². The fraction of sp³-hybridized carbons (Fsp3) is 0.333. The second kappa shape index (κ2) is 4.85. The summed E-state index contributed by atoms with van der Waals surface area (Å²) < 4.78 is 13.3. The van der Waals surface area contributed by atoms with Crippen LogP contribution in [0.3, 0.4) is 0 Å². The molecule has 7 heteroatoms. The second-order valence-electron chi connectivity index (χ2n) is 4.44. The number of hydrogen-bond acceptors (Lipinski definition) is 4. The number of β-amino-alcohol motifs (C(OH)–C–C–N with tert-alkyl or cyclic N) is 1. The molecule has 0 aromatic heterocycles. The SMILES string of the molecule is Nc1ccc(C(=O)N2CC(O)CC2C(=O)O)cc1F. The van der Waals surface area contributed by atoms with Crippen LogP contribution in [0.15, 0.2) is 18.2 Å². The van der Waals surface area contributed by atoms with Crippen LogP contribution < -0.4 is 5.73 Å². The number of carbonyl (C=O) groups is 2. The summed E-state index contributed by atoms with van der Waals surface area (Å²) in [5.41, 5.74) is 5.22. The van der Waals surface area contributed by atoms with E-state index in [0.29, 0.717) is 0 Å². The summed E-state index contributed by atoms with van der Waals surface area (Å²) in [6.45, 7) is -0.0816. The maximum Gasteiger partial charge on any atom is 0.326 e. The zero-order chi connectivity index (χ0) is 14.2. The van der Waals surface area contributed by atoms with Gasteiger partial charge in [0.15, 0.2) is 0 Å². The van der Waals surface area contributed by atoms with Crippen LogP contribution in [-0.4, -0.2) is 45.7 Å². The number of carboxylic acid groups (broad SMARTS) is 1. The molecule has 0 saturated carbocycles. The highest BCUT2D eigenvalue weighted by molar-refractivity contribution is 5.97. The monoisotopic (exact) mass is 268 g/mol. The molecule has 0 radical (unpaired) electrons. The van der Waals surface area contributed by atoms with E-state index < -0.39 is 29.8 Å². The van der Waals surface area contributed by atoms with E-state index in [1.165, 1.54) is 12.1 Å². The molecule has 102 valence electrons. The molecule has 6 nitrogen and oxygen atoms in total. The predicted molar refractivity (Wildman–Crippen MR) is 63.9 cm³/mol. The van der Waals surface area contributed by atoms with Crippen molar-refractivity contribution in [2.45, 2.75) is 18.6 Å². The number of nitrogens with two attached hydrogens (primary N) is 1. The Morgan fingerprint density at radius 1 is 1.42 bits per heavy atom. The molecule has 1 aliphatic rings. The van der Waals surface area contributed by atoms with Crippen molar-refractivity contribution in [1.82, 2.24) is 4.90 Å². The number of benzene rings is 1. The molecule has 1 aliphatic heterocycles. The number of carboxylic acids is 1. The van der Waals surface area contributed by atoms with Crippen molar-refractivity contribution < 1.29 is 24.2 Å². The van der Waals surface area contributed by atoms with Crippen molar-refractivity contribution >= 4 is 17.6 Å². The van der Waals surface area contributed by atoms with Gasteiger partial charge in [0.25, 0.3) is 5.91 Å². The highest BCUT2D eigenvalue weighted by Crippen LogP contribution is 2.22. The van der Waals surface area contributed by atoms with Crippen molar-refractivity contribution in [3.63, 3.8) is 0 Å². The maximum atomic E-state index is 13.3. The molecule has 2 atom stereocenters. The van der Waals surface area contributed by atoms with Crippen LogP contribution in [-0.2, 0) is 4.79 Å². The zero-order valence-electron chi connectivity index (χ0n) is 9.91. The van der Waals surface area contributed by atoms with Crippen molar-refractivity contribution in [3.8, 4) is 0 Å². The Bertz CT molecular complexity index is 534. The van der Waals surface area contributed by atoms with Gasteiger partial charge in [-0.25, -0.2) is 9.18 Å². The van der Waals surface area contributed by atoms with Gasteiger partial charge in [0, 0.05) is 18.5 Å². The average molecular weight is 268 g/mol. The lowest BCUT2D eigenvalue weighted by Crippen LogP contribution is -2.40. The summed E-state index contributed by atoms with van der Waals surface area (Å²) in [5.74, 6) is -2.57. The summed E-state index contributed by atoms with van der Waals surface area (Å²) in [7, 11) is 0. The Morgan fingerprint density at radius 3 is 2.68 bits per heavy atom. The third-order valence-corrected chi connectivity index (χ3v) is 3.07. The fourth-order valence-corrected chi connectivity index (χ4v) is 2.10. The van der Waals surface area contributed by atoms with Gasteiger partial charge in [-0.05, 0) is 18.2 Å². The quantitative estimate of drug-likeness (QED) is 0.658. The first kappa shape index (κ1) is 13.3. The number of aliphatic hydroxyl groups is 1. The number of nitrogen functional groups attached to an aromatic ring is 1. The van der Waals surface area contributed by atoms with Crippen molar-refractivity contribution in [3.05, 3.63) is 29.6 Å². The Labute approximate surface area is 108 Å². The first-order chi connectivity index (χ1) is 8.90. The van der Waals surface area contributed by atoms with Gasteiger partial charge < -0.3 is 20.8 Å². The maximum absolute atomic E-state index is 13.3. The van der Waals surface area contributed by atoms with E-state index in [2.05, 4.69) is 0 Å². The number of aliphatic hydroxyl groups excluding tert-OH is 1. The number of rotatable bonds is 2. The predicted octanol–water partition coefficient (Wildman–Crippen LogP) is 0.0679. The first-order valence-electron chi connectivity index (χ1n) is 5.67. The molecular formula is C12H13FN2O4. The Kier molecular flexibility index (Phi) is 3.39. The molecule has 0 spiro atoms. The molecule has 1 fully saturated rings. The lowest BCUT2D eigenvalue weighted by Gasteiger charge is -2.21. The summed E-state index contributed by atoms with van der Waals surface area (Å²) in [6.07, 6.45) is -0.915. The van der Waals surface area contributed by atoms with E-state index in [1.807, 2.05) is 0 Å². The number of nitrogens with zero attached hydrogens (tertiary/aromatic N) is 1. The summed E-state index contributed by atoms with van der Waals surface area (Å²) in [4.78, 5) is 24.2. The minimum atomic E-state index is -1.19. The van der Waals surface area contributed by atoms with Gasteiger partial charge in [-0.2, -0.15) is 0 Å². The van der Waals surface area contributed by atoms with E-state index in [9.17, 15) is 19.1 Å². The third-order valence-electron chi connectivity index (χ3n) is 3.07. The van der Waals surface area contributed by atoms with Crippen LogP contribution in [0, 0.1) is 5.82 Å². The lowest BCUT2D eigenvalue weighted by molar-refractivity contribution is -0.141. The molecule has 0 bridgehead atoms. The molecular weight excluding hydrogens is 255 g/mol. The molecule has 1 saturated heterocycles. The fourth-order valence-electron chi connectivity index (χ4n) is 2.10. The Balaban J connectivity index is 2.27. The Morgan fingerprint density at radius 2 is 2.11 bits per heavy atom.